The molecule has 130 valence electrons. The van der Waals surface area contributed by atoms with Crippen LogP contribution in [0.4, 0.5) is 0 Å². The van der Waals surface area contributed by atoms with Crippen LogP contribution in [0.15, 0.2) is 54.9 Å². The van der Waals surface area contributed by atoms with Gasteiger partial charge in [-0.25, -0.2) is 4.57 Å². The summed E-state index contributed by atoms with van der Waals surface area (Å²) in [6, 6.07) is 12.7. The van der Waals surface area contributed by atoms with Gasteiger partial charge in [-0.2, -0.15) is 0 Å². The smallest absolute Gasteiger partial charge is 0.363 e. The first-order valence-electron chi connectivity index (χ1n) is 6.88. The average molecular weight is 374 g/mol. The van der Waals surface area contributed by atoms with Crippen molar-refractivity contribution in [3.63, 3.8) is 0 Å². The van der Waals surface area contributed by atoms with Crippen LogP contribution in [0.2, 0.25) is 0 Å². The standard InChI is InChI=1S/C14H17NO7P2/c16-14(23(17,18)19,24(20,21)22)11-15-8-4-7-13(10-15)9-12-5-2-1-3-6-12/h1-8,10,16H,9,11H2,(H3-,17,18,19,20,21,22)/p+1. The summed E-state index contributed by atoms with van der Waals surface area (Å²) >= 11 is 0. The highest BCUT2D eigenvalue weighted by Crippen LogP contribution is 2.67. The number of aromatic nitrogens is 1. The van der Waals surface area contributed by atoms with Crippen LogP contribution in [0, 0.1) is 0 Å². The highest BCUT2D eigenvalue weighted by atomic mass is 31.2. The van der Waals surface area contributed by atoms with Crippen LogP contribution >= 0.6 is 15.2 Å². The van der Waals surface area contributed by atoms with E-state index in [4.69, 9.17) is 0 Å². The van der Waals surface area contributed by atoms with Gasteiger partial charge in [-0.3, -0.25) is 9.13 Å². The van der Waals surface area contributed by atoms with Crippen LogP contribution in [-0.4, -0.2) is 29.8 Å². The maximum absolute atomic E-state index is 11.4. The molecule has 1 aromatic heterocycles. The SMILES string of the molecule is O=P(O)(O)C(O)(C[n+]1cccc(Cc2ccccc2)c1)P(=O)(O)O. The second-order valence-electron chi connectivity index (χ2n) is 5.41. The molecule has 0 aliphatic rings. The molecule has 1 aromatic carbocycles. The van der Waals surface area contributed by atoms with E-state index in [9.17, 15) is 33.8 Å². The van der Waals surface area contributed by atoms with Crippen molar-refractivity contribution in [1.82, 2.24) is 0 Å². The highest BCUT2D eigenvalue weighted by Gasteiger charge is 2.62. The van der Waals surface area contributed by atoms with Crippen molar-refractivity contribution in [1.29, 1.82) is 0 Å². The molecule has 10 heteroatoms. The number of hydrogen-bond donors (Lipinski definition) is 5. The lowest BCUT2D eigenvalue weighted by molar-refractivity contribution is -0.703. The van der Waals surface area contributed by atoms with Crippen LogP contribution in [0.25, 0.3) is 0 Å². The summed E-state index contributed by atoms with van der Waals surface area (Å²) in [6.45, 7) is -0.940. The van der Waals surface area contributed by atoms with Crippen molar-refractivity contribution in [3.05, 3.63) is 66.0 Å². The van der Waals surface area contributed by atoms with Crippen molar-refractivity contribution in [2.75, 3.05) is 0 Å². The number of nitrogens with zero attached hydrogens (tertiary/aromatic N) is 1. The summed E-state index contributed by atoms with van der Waals surface area (Å²) in [7, 11) is -11.0. The first kappa shape index (κ1) is 19.0. The highest BCUT2D eigenvalue weighted by molar-refractivity contribution is 7.72. The van der Waals surface area contributed by atoms with Gasteiger partial charge in [-0.15, -0.1) is 0 Å². The number of pyridine rings is 1. The Balaban J connectivity index is 2.31. The molecule has 2 aromatic rings. The molecule has 0 saturated carbocycles. The predicted octanol–water partition coefficient (Wildman–Crippen LogP) is 0.566. The van der Waals surface area contributed by atoms with Gasteiger partial charge in [0.05, 0.1) is 0 Å². The Morgan fingerprint density at radius 1 is 0.875 bits per heavy atom. The minimum Gasteiger partial charge on any atom is -0.363 e. The fourth-order valence-electron chi connectivity index (χ4n) is 2.21. The zero-order valence-corrected chi connectivity index (χ0v) is 14.3. The van der Waals surface area contributed by atoms with Gasteiger partial charge in [0.1, 0.15) is 0 Å². The van der Waals surface area contributed by atoms with Gasteiger partial charge >= 0.3 is 20.3 Å². The first-order valence-corrected chi connectivity index (χ1v) is 10.1. The molecule has 0 aliphatic carbocycles. The molecule has 0 spiro atoms. The molecule has 0 amide bonds. The largest absolute Gasteiger partial charge is 0.376 e. The van der Waals surface area contributed by atoms with E-state index < -0.39 is 26.8 Å². The lowest BCUT2D eigenvalue weighted by Gasteiger charge is -2.26. The van der Waals surface area contributed by atoms with Crippen LogP contribution in [0.5, 0.6) is 0 Å². The minimum absolute atomic E-state index is 0.520. The predicted molar refractivity (Wildman–Crippen MR) is 84.9 cm³/mol. The Morgan fingerprint density at radius 2 is 1.42 bits per heavy atom. The maximum atomic E-state index is 11.4. The van der Waals surface area contributed by atoms with E-state index in [-0.39, 0.29) is 0 Å². The van der Waals surface area contributed by atoms with Crippen molar-refractivity contribution in [2.45, 2.75) is 18.0 Å². The summed E-state index contributed by atoms with van der Waals surface area (Å²) in [5, 5.41) is 6.50. The summed E-state index contributed by atoms with van der Waals surface area (Å²) in [5.74, 6) is 0. The molecule has 2 rings (SSSR count). The number of hydrogen-bond acceptors (Lipinski definition) is 3. The van der Waals surface area contributed by atoms with Gasteiger partial charge < -0.3 is 24.7 Å². The lowest BCUT2D eigenvalue weighted by atomic mass is 10.1. The van der Waals surface area contributed by atoms with E-state index >= 15 is 0 Å². The van der Waals surface area contributed by atoms with Crippen molar-refractivity contribution >= 4 is 15.2 Å². The Labute approximate surface area is 138 Å². The molecule has 1 heterocycles. The lowest BCUT2D eigenvalue weighted by Crippen LogP contribution is -2.47. The molecule has 5 N–H and O–H groups in total. The molecule has 0 atom stereocenters. The second kappa shape index (κ2) is 6.86. The number of aliphatic hydroxyl groups is 1. The zero-order valence-electron chi connectivity index (χ0n) is 12.5. The van der Waals surface area contributed by atoms with E-state index in [0.717, 1.165) is 15.7 Å². The second-order valence-corrected chi connectivity index (χ2v) is 9.42. The Bertz CT molecular complexity index is 778. The summed E-state index contributed by atoms with van der Waals surface area (Å²) in [5.41, 5.74) is 1.75. The molecule has 0 unspecified atom stereocenters. The van der Waals surface area contributed by atoms with Crippen molar-refractivity contribution in [2.24, 2.45) is 0 Å². The average Bonchev–Trinajstić information content (AvgIpc) is 2.46. The third kappa shape index (κ3) is 4.18. The molecule has 0 bridgehead atoms. The van der Waals surface area contributed by atoms with Crippen LogP contribution in [0.1, 0.15) is 11.1 Å². The normalized spacial score (nSPS) is 13.0. The van der Waals surface area contributed by atoms with E-state index in [1.165, 1.54) is 12.4 Å². The van der Waals surface area contributed by atoms with Gasteiger partial charge in [0, 0.05) is 18.1 Å². The summed E-state index contributed by atoms with van der Waals surface area (Å²) in [4.78, 5) is 36.8. The fraction of sp³-hybridized carbons (Fsp3) is 0.214. The molecule has 0 radical (unpaired) electrons. The van der Waals surface area contributed by atoms with Gasteiger partial charge in [-0.05, 0) is 11.6 Å². The topological polar surface area (TPSA) is 139 Å². The van der Waals surface area contributed by atoms with E-state index in [0.29, 0.717) is 6.42 Å². The third-order valence-corrected chi connectivity index (χ3v) is 7.21. The van der Waals surface area contributed by atoms with Crippen LogP contribution in [-0.2, 0) is 22.1 Å². The monoisotopic (exact) mass is 374 g/mol. The molecule has 8 nitrogen and oxygen atoms in total. The fourth-order valence-corrected chi connectivity index (χ4v) is 4.26. The molecule has 0 fully saturated rings. The van der Waals surface area contributed by atoms with Crippen LogP contribution < -0.4 is 4.57 Å². The maximum Gasteiger partial charge on any atom is 0.376 e. The van der Waals surface area contributed by atoms with E-state index in [1.54, 1.807) is 12.1 Å². The number of rotatable bonds is 6. The zero-order chi connectivity index (χ0) is 18.0. The van der Waals surface area contributed by atoms with Gasteiger partial charge in [-0.1, -0.05) is 30.3 Å². The van der Waals surface area contributed by atoms with Crippen molar-refractivity contribution < 1.29 is 38.4 Å². The minimum atomic E-state index is -5.48. The Kier molecular flexibility index (Phi) is 5.42. The molecule has 24 heavy (non-hydrogen) atoms. The third-order valence-electron chi connectivity index (χ3n) is 3.50. The molecule has 0 saturated heterocycles. The van der Waals surface area contributed by atoms with Crippen LogP contribution in [0.3, 0.4) is 0 Å². The summed E-state index contributed by atoms with van der Waals surface area (Å²) in [6.07, 6.45) is 3.36. The molecular weight excluding hydrogens is 356 g/mol. The van der Waals surface area contributed by atoms with Gasteiger partial charge in [0.15, 0.2) is 12.4 Å². The van der Waals surface area contributed by atoms with Gasteiger partial charge in [0.25, 0.3) is 0 Å². The Hall–Kier alpha value is -1.37. The van der Waals surface area contributed by atoms with E-state index in [2.05, 4.69) is 0 Å². The summed E-state index contributed by atoms with van der Waals surface area (Å²) < 4.78 is 24.0. The first-order chi connectivity index (χ1) is 11.0. The van der Waals surface area contributed by atoms with Crippen molar-refractivity contribution in [3.8, 4) is 0 Å². The Morgan fingerprint density at radius 3 is 1.96 bits per heavy atom. The molecule has 0 aliphatic heterocycles. The van der Waals surface area contributed by atoms with E-state index in [1.807, 2.05) is 30.3 Å². The number of benzene rings is 1. The quantitative estimate of drug-likeness (QED) is 0.368. The van der Waals surface area contributed by atoms with Gasteiger partial charge in [0.2, 0.25) is 6.54 Å². The molecular formula is C14H18NO7P2+.